The number of aromatic nitrogens is 2. The zero-order valence-electron chi connectivity index (χ0n) is 13.3. The van der Waals surface area contributed by atoms with Crippen molar-refractivity contribution in [2.75, 3.05) is 19.8 Å². The standard InChI is InChI=1S/C15H29N3O/c1-7-16-12(4)15-13(5)17-18(14(15)6)8-9-19-10-11(2)3/h11-12,16H,7-10H2,1-6H3. The fourth-order valence-corrected chi connectivity index (χ4v) is 2.43. The summed E-state index contributed by atoms with van der Waals surface area (Å²) < 4.78 is 7.70. The summed E-state index contributed by atoms with van der Waals surface area (Å²) in [5.74, 6) is 0.588. The molecule has 4 nitrogen and oxygen atoms in total. The van der Waals surface area contributed by atoms with E-state index in [1.807, 2.05) is 0 Å². The fraction of sp³-hybridized carbons (Fsp3) is 0.800. The molecular weight excluding hydrogens is 238 g/mol. The molecule has 0 spiro atoms. The number of aryl methyl sites for hydroxylation is 1. The first-order chi connectivity index (χ1) is 8.97. The van der Waals surface area contributed by atoms with Crippen LogP contribution in [0.3, 0.4) is 0 Å². The minimum atomic E-state index is 0.357. The predicted molar refractivity (Wildman–Crippen MR) is 79.4 cm³/mol. The van der Waals surface area contributed by atoms with Crippen molar-refractivity contribution in [2.24, 2.45) is 5.92 Å². The molecule has 0 fully saturated rings. The van der Waals surface area contributed by atoms with Crippen LogP contribution in [0, 0.1) is 19.8 Å². The lowest BCUT2D eigenvalue weighted by Crippen LogP contribution is -2.19. The molecule has 0 saturated carbocycles. The van der Waals surface area contributed by atoms with Crippen LogP contribution in [-0.2, 0) is 11.3 Å². The smallest absolute Gasteiger partial charge is 0.0662 e. The number of nitrogens with one attached hydrogen (secondary N) is 1. The third-order valence-corrected chi connectivity index (χ3v) is 3.28. The maximum Gasteiger partial charge on any atom is 0.0662 e. The Hall–Kier alpha value is -0.870. The zero-order valence-corrected chi connectivity index (χ0v) is 13.3. The molecule has 0 amide bonds. The quantitative estimate of drug-likeness (QED) is 0.736. The monoisotopic (exact) mass is 267 g/mol. The molecule has 0 bridgehead atoms. The number of hydrogen-bond acceptors (Lipinski definition) is 3. The average molecular weight is 267 g/mol. The molecule has 1 rings (SSSR count). The first-order valence-corrected chi connectivity index (χ1v) is 7.32. The van der Waals surface area contributed by atoms with Crippen LogP contribution in [0.15, 0.2) is 0 Å². The van der Waals surface area contributed by atoms with E-state index in [0.29, 0.717) is 12.0 Å². The van der Waals surface area contributed by atoms with Crippen LogP contribution in [0.2, 0.25) is 0 Å². The number of hydrogen-bond donors (Lipinski definition) is 1. The molecule has 1 unspecified atom stereocenters. The molecule has 0 aromatic carbocycles. The van der Waals surface area contributed by atoms with Gasteiger partial charge in [-0.2, -0.15) is 5.10 Å². The normalized spacial score (nSPS) is 13.2. The van der Waals surface area contributed by atoms with Crippen LogP contribution in [0.4, 0.5) is 0 Å². The van der Waals surface area contributed by atoms with Crippen molar-refractivity contribution < 1.29 is 4.74 Å². The first-order valence-electron chi connectivity index (χ1n) is 7.32. The molecule has 1 aromatic rings. The van der Waals surface area contributed by atoms with Gasteiger partial charge in [0.2, 0.25) is 0 Å². The van der Waals surface area contributed by atoms with Gasteiger partial charge < -0.3 is 10.1 Å². The Bertz CT molecular complexity index is 385. The number of ether oxygens (including phenoxy) is 1. The van der Waals surface area contributed by atoms with Crippen LogP contribution < -0.4 is 5.32 Å². The van der Waals surface area contributed by atoms with Crippen LogP contribution in [-0.4, -0.2) is 29.5 Å². The van der Waals surface area contributed by atoms with Crippen LogP contribution in [0.1, 0.15) is 50.7 Å². The highest BCUT2D eigenvalue weighted by molar-refractivity contribution is 5.27. The second-order valence-electron chi connectivity index (χ2n) is 5.56. The van der Waals surface area contributed by atoms with Crippen LogP contribution in [0.5, 0.6) is 0 Å². The Kier molecular flexibility index (Phi) is 6.52. The van der Waals surface area contributed by atoms with Gasteiger partial charge in [-0.15, -0.1) is 0 Å². The van der Waals surface area contributed by atoms with Crippen LogP contribution >= 0.6 is 0 Å². The molecule has 1 heterocycles. The summed E-state index contributed by atoms with van der Waals surface area (Å²) in [4.78, 5) is 0. The van der Waals surface area contributed by atoms with E-state index in [1.165, 1.54) is 11.3 Å². The second kappa shape index (κ2) is 7.65. The van der Waals surface area contributed by atoms with Crippen LogP contribution in [0.25, 0.3) is 0 Å². The van der Waals surface area contributed by atoms with E-state index in [1.54, 1.807) is 0 Å². The fourth-order valence-electron chi connectivity index (χ4n) is 2.43. The molecule has 19 heavy (non-hydrogen) atoms. The highest BCUT2D eigenvalue weighted by Gasteiger charge is 2.16. The van der Waals surface area contributed by atoms with Crippen molar-refractivity contribution in [3.63, 3.8) is 0 Å². The third kappa shape index (κ3) is 4.62. The van der Waals surface area contributed by atoms with Gasteiger partial charge in [-0.25, -0.2) is 0 Å². The highest BCUT2D eigenvalue weighted by Crippen LogP contribution is 2.21. The van der Waals surface area contributed by atoms with Crippen molar-refractivity contribution in [1.29, 1.82) is 0 Å². The largest absolute Gasteiger partial charge is 0.379 e. The topological polar surface area (TPSA) is 39.1 Å². The summed E-state index contributed by atoms with van der Waals surface area (Å²) in [6.07, 6.45) is 0. The maximum absolute atomic E-state index is 5.63. The van der Waals surface area contributed by atoms with E-state index >= 15 is 0 Å². The van der Waals surface area contributed by atoms with Gasteiger partial charge in [-0.05, 0) is 33.2 Å². The predicted octanol–water partition coefficient (Wildman–Crippen LogP) is 2.84. The Morgan fingerprint density at radius 3 is 2.53 bits per heavy atom. The average Bonchev–Trinajstić information content (AvgIpc) is 2.60. The second-order valence-corrected chi connectivity index (χ2v) is 5.56. The summed E-state index contributed by atoms with van der Waals surface area (Å²) >= 11 is 0. The van der Waals surface area contributed by atoms with Gasteiger partial charge in [0.15, 0.2) is 0 Å². The summed E-state index contributed by atoms with van der Waals surface area (Å²) in [7, 11) is 0. The van der Waals surface area contributed by atoms with Gasteiger partial charge in [0, 0.05) is 23.9 Å². The summed E-state index contributed by atoms with van der Waals surface area (Å²) in [6.45, 7) is 16.2. The van der Waals surface area contributed by atoms with Gasteiger partial charge in [0.1, 0.15) is 0 Å². The minimum Gasteiger partial charge on any atom is -0.379 e. The zero-order chi connectivity index (χ0) is 14.4. The SMILES string of the molecule is CCNC(C)c1c(C)nn(CCOCC(C)C)c1C. The van der Waals surface area contributed by atoms with Gasteiger partial charge >= 0.3 is 0 Å². The van der Waals surface area contributed by atoms with Crippen molar-refractivity contribution in [3.8, 4) is 0 Å². The third-order valence-electron chi connectivity index (χ3n) is 3.28. The molecule has 110 valence electrons. The highest BCUT2D eigenvalue weighted by atomic mass is 16.5. The molecular formula is C15H29N3O. The van der Waals surface area contributed by atoms with E-state index in [9.17, 15) is 0 Å². The van der Waals surface area contributed by atoms with E-state index in [0.717, 1.165) is 32.0 Å². The molecule has 1 atom stereocenters. The number of nitrogens with zero attached hydrogens (tertiary/aromatic N) is 2. The van der Waals surface area contributed by atoms with E-state index in [2.05, 4.69) is 56.6 Å². The first kappa shape index (κ1) is 16.2. The molecule has 0 radical (unpaired) electrons. The molecule has 4 heteroatoms. The van der Waals surface area contributed by atoms with Crippen molar-refractivity contribution >= 4 is 0 Å². The minimum absolute atomic E-state index is 0.357. The molecule has 0 aliphatic carbocycles. The lowest BCUT2D eigenvalue weighted by Gasteiger charge is -2.13. The number of rotatable bonds is 8. The van der Waals surface area contributed by atoms with Gasteiger partial charge in [-0.3, -0.25) is 4.68 Å². The van der Waals surface area contributed by atoms with Gasteiger partial charge in [-0.1, -0.05) is 20.8 Å². The van der Waals surface area contributed by atoms with E-state index in [-0.39, 0.29) is 0 Å². The van der Waals surface area contributed by atoms with Gasteiger partial charge in [0.25, 0.3) is 0 Å². The molecule has 0 aliphatic rings. The maximum atomic E-state index is 5.63. The molecule has 0 saturated heterocycles. The lowest BCUT2D eigenvalue weighted by atomic mass is 10.1. The van der Waals surface area contributed by atoms with Crippen molar-refractivity contribution in [1.82, 2.24) is 15.1 Å². The van der Waals surface area contributed by atoms with Crippen molar-refractivity contribution in [3.05, 3.63) is 17.0 Å². The Morgan fingerprint density at radius 2 is 1.95 bits per heavy atom. The Balaban J connectivity index is 2.63. The Morgan fingerprint density at radius 1 is 1.26 bits per heavy atom. The summed E-state index contributed by atoms with van der Waals surface area (Å²) in [5, 5.41) is 8.08. The molecule has 1 aromatic heterocycles. The lowest BCUT2D eigenvalue weighted by molar-refractivity contribution is 0.100. The molecule has 0 aliphatic heterocycles. The van der Waals surface area contributed by atoms with Crippen molar-refractivity contribution in [2.45, 2.75) is 54.1 Å². The van der Waals surface area contributed by atoms with E-state index in [4.69, 9.17) is 4.74 Å². The summed E-state index contributed by atoms with van der Waals surface area (Å²) in [6, 6.07) is 0.357. The van der Waals surface area contributed by atoms with Gasteiger partial charge in [0.05, 0.1) is 18.8 Å². The summed E-state index contributed by atoms with van der Waals surface area (Å²) in [5.41, 5.74) is 3.69. The van der Waals surface area contributed by atoms with E-state index < -0.39 is 0 Å². The molecule has 1 N–H and O–H groups in total. The Labute approximate surface area is 117 Å².